The van der Waals surface area contributed by atoms with Crippen molar-refractivity contribution in [2.24, 2.45) is 0 Å². The minimum atomic E-state index is -0.172. The highest BCUT2D eigenvalue weighted by atomic mass is 35.5. The minimum Gasteiger partial charge on any atom is -0.495 e. The molecule has 1 aromatic carbocycles. The van der Waals surface area contributed by atoms with Crippen molar-refractivity contribution in [1.29, 1.82) is 0 Å². The summed E-state index contributed by atoms with van der Waals surface area (Å²) in [5.41, 5.74) is 1.95. The van der Waals surface area contributed by atoms with Gasteiger partial charge >= 0.3 is 0 Å². The quantitative estimate of drug-likeness (QED) is 0.226. The number of rotatable bonds is 8. The first-order valence-corrected chi connectivity index (χ1v) is 13.4. The van der Waals surface area contributed by atoms with Gasteiger partial charge in [-0.25, -0.2) is 14.6 Å². The minimum absolute atomic E-state index is 0.0970. The first-order valence-electron chi connectivity index (χ1n) is 12.3. The Labute approximate surface area is 235 Å². The average Bonchev–Trinajstić information content (AvgIpc) is 3.60. The molecule has 196 valence electrons. The first kappa shape index (κ1) is 26.4. The Balaban J connectivity index is 1.49. The van der Waals surface area contributed by atoms with Crippen LogP contribution in [0.4, 0.5) is 0 Å². The molecule has 0 N–H and O–H groups in total. The predicted octanol–water partition coefficient (Wildman–Crippen LogP) is 6.46. The van der Waals surface area contributed by atoms with Gasteiger partial charge in [0.15, 0.2) is 11.6 Å². The van der Waals surface area contributed by atoms with E-state index in [1.54, 1.807) is 43.8 Å². The van der Waals surface area contributed by atoms with Crippen LogP contribution in [0.1, 0.15) is 36.0 Å². The second kappa shape index (κ2) is 11.7. The summed E-state index contributed by atoms with van der Waals surface area (Å²) in [6, 6.07) is 12.5. The van der Waals surface area contributed by atoms with Gasteiger partial charge in [-0.05, 0) is 55.3 Å². The summed E-state index contributed by atoms with van der Waals surface area (Å²) >= 11 is 18.7. The summed E-state index contributed by atoms with van der Waals surface area (Å²) in [6.07, 6.45) is 7.42. The molecule has 4 aromatic rings. The Morgan fingerprint density at radius 2 is 1.79 bits per heavy atom. The highest BCUT2D eigenvalue weighted by molar-refractivity contribution is 6.34. The number of pyridine rings is 2. The number of hydrogen-bond donors (Lipinski definition) is 0. The lowest BCUT2D eigenvalue weighted by atomic mass is 10.1. The maximum Gasteiger partial charge on any atom is 0.257 e. The number of nitrogens with zero attached hydrogens (tertiary/aromatic N) is 6. The van der Waals surface area contributed by atoms with E-state index in [-0.39, 0.29) is 22.3 Å². The molecule has 1 saturated carbocycles. The molecule has 0 bridgehead atoms. The Morgan fingerprint density at radius 1 is 1.03 bits per heavy atom. The molecule has 0 spiro atoms. The molecule has 0 saturated heterocycles. The maximum absolute atomic E-state index is 13.7. The molecule has 8 nitrogen and oxygen atoms in total. The van der Waals surface area contributed by atoms with Gasteiger partial charge in [0.2, 0.25) is 0 Å². The van der Waals surface area contributed by atoms with E-state index in [1.807, 2.05) is 27.8 Å². The van der Waals surface area contributed by atoms with Crippen LogP contribution in [0.2, 0.25) is 15.3 Å². The van der Waals surface area contributed by atoms with Gasteiger partial charge < -0.3 is 9.64 Å². The van der Waals surface area contributed by atoms with E-state index in [2.05, 4.69) is 9.97 Å². The number of carbonyl (C=O) groups is 1. The molecule has 1 amide bonds. The van der Waals surface area contributed by atoms with Gasteiger partial charge in [0.1, 0.15) is 16.1 Å². The summed E-state index contributed by atoms with van der Waals surface area (Å²) in [4.78, 5) is 28.5. The van der Waals surface area contributed by atoms with Crippen LogP contribution in [0.15, 0.2) is 54.9 Å². The van der Waals surface area contributed by atoms with Crippen LogP contribution in [-0.2, 0) is 6.54 Å². The number of benzene rings is 1. The number of hydrogen-bond acceptors (Lipinski definition) is 6. The third-order valence-electron chi connectivity index (χ3n) is 6.64. The van der Waals surface area contributed by atoms with Crippen molar-refractivity contribution < 1.29 is 9.53 Å². The fourth-order valence-corrected chi connectivity index (χ4v) is 5.42. The summed E-state index contributed by atoms with van der Waals surface area (Å²) in [5, 5.41) is 5.61. The zero-order valence-corrected chi connectivity index (χ0v) is 22.9. The molecule has 0 radical (unpaired) electrons. The molecule has 3 aromatic heterocycles. The van der Waals surface area contributed by atoms with E-state index >= 15 is 0 Å². The van der Waals surface area contributed by atoms with Crippen LogP contribution in [0.25, 0.3) is 22.8 Å². The fraction of sp³-hybridized carbons (Fsp3) is 0.296. The maximum atomic E-state index is 13.7. The number of carbonyl (C=O) groups excluding carboxylic acids is 1. The molecular weight excluding hydrogens is 547 g/mol. The van der Waals surface area contributed by atoms with Gasteiger partial charge in [0, 0.05) is 36.1 Å². The highest BCUT2D eigenvalue weighted by Crippen LogP contribution is 2.31. The van der Waals surface area contributed by atoms with Crippen LogP contribution in [0.5, 0.6) is 5.75 Å². The Hall–Kier alpha value is -3.20. The molecule has 0 aliphatic heterocycles. The first-order chi connectivity index (χ1) is 18.4. The molecule has 1 fully saturated rings. The van der Waals surface area contributed by atoms with Gasteiger partial charge in [0.05, 0.1) is 24.2 Å². The van der Waals surface area contributed by atoms with Crippen LogP contribution in [0.3, 0.4) is 0 Å². The van der Waals surface area contributed by atoms with Crippen molar-refractivity contribution in [3.05, 3.63) is 75.8 Å². The zero-order valence-electron chi connectivity index (χ0n) is 20.6. The topological polar surface area (TPSA) is 86.0 Å². The molecule has 0 atom stereocenters. The van der Waals surface area contributed by atoms with E-state index in [0.29, 0.717) is 41.1 Å². The highest BCUT2D eigenvalue weighted by Gasteiger charge is 2.29. The number of methoxy groups -OCH3 is 1. The molecule has 1 aliphatic rings. The second-order valence-electron chi connectivity index (χ2n) is 8.98. The van der Waals surface area contributed by atoms with Crippen molar-refractivity contribution >= 4 is 40.7 Å². The van der Waals surface area contributed by atoms with Crippen molar-refractivity contribution in [1.82, 2.24) is 29.6 Å². The molecule has 3 heterocycles. The summed E-state index contributed by atoms with van der Waals surface area (Å²) in [7, 11) is 1.57. The average molecular weight is 572 g/mol. The van der Waals surface area contributed by atoms with E-state index in [1.165, 1.54) is 0 Å². The number of aromatic nitrogens is 5. The molecule has 1 aliphatic carbocycles. The van der Waals surface area contributed by atoms with Crippen LogP contribution in [0, 0.1) is 0 Å². The molecule has 5 rings (SSSR count). The normalized spacial score (nSPS) is 13.6. The van der Waals surface area contributed by atoms with Crippen molar-refractivity contribution in [2.45, 2.75) is 38.3 Å². The van der Waals surface area contributed by atoms with E-state index in [9.17, 15) is 4.79 Å². The van der Waals surface area contributed by atoms with Crippen LogP contribution >= 0.6 is 34.8 Å². The van der Waals surface area contributed by atoms with E-state index in [0.717, 1.165) is 36.8 Å². The van der Waals surface area contributed by atoms with Crippen molar-refractivity contribution in [3.8, 4) is 28.5 Å². The lowest BCUT2D eigenvalue weighted by molar-refractivity contribution is 0.0671. The third kappa shape index (κ3) is 5.62. The molecule has 11 heteroatoms. The fourth-order valence-electron chi connectivity index (χ4n) is 4.74. The summed E-state index contributed by atoms with van der Waals surface area (Å²) in [5.74, 6) is 1.58. The number of ether oxygens (including phenoxy) is 1. The monoisotopic (exact) mass is 570 g/mol. The van der Waals surface area contributed by atoms with Crippen LogP contribution in [-0.4, -0.2) is 55.2 Å². The smallest absolute Gasteiger partial charge is 0.257 e. The summed E-state index contributed by atoms with van der Waals surface area (Å²) in [6.45, 7) is 0.830. The molecule has 38 heavy (non-hydrogen) atoms. The van der Waals surface area contributed by atoms with E-state index in [4.69, 9.17) is 49.6 Å². The van der Waals surface area contributed by atoms with Crippen molar-refractivity contribution in [3.63, 3.8) is 0 Å². The van der Waals surface area contributed by atoms with Gasteiger partial charge in [0.25, 0.3) is 5.91 Å². The standard InChI is InChI=1S/C27H25Cl3N6O2/c1-38-22-8-6-18(16-21(22)28)26-33-25(17-10-12-31-13-11-17)34-36(26)15-14-35(19-4-2-3-5-19)27(37)20-7-9-23(29)32-24(20)30/h6-13,16,19H,2-5,14-15H2,1H3. The van der Waals surface area contributed by atoms with Crippen LogP contribution < -0.4 is 4.74 Å². The van der Waals surface area contributed by atoms with Crippen molar-refractivity contribution in [2.75, 3.05) is 13.7 Å². The van der Waals surface area contributed by atoms with E-state index < -0.39 is 0 Å². The third-order valence-corrected chi connectivity index (χ3v) is 7.44. The Bertz CT molecular complexity index is 1440. The molecular formula is C27H25Cl3N6O2. The Kier molecular flexibility index (Phi) is 8.12. The van der Waals surface area contributed by atoms with Gasteiger partial charge in [-0.15, -0.1) is 0 Å². The predicted molar refractivity (Wildman–Crippen MR) is 148 cm³/mol. The number of amides is 1. The van der Waals surface area contributed by atoms with Gasteiger partial charge in [-0.3, -0.25) is 9.78 Å². The SMILES string of the molecule is COc1ccc(-c2nc(-c3ccncc3)nn2CCN(C(=O)c2ccc(Cl)nc2Cl)C2CCCC2)cc1Cl. The Morgan fingerprint density at radius 3 is 2.47 bits per heavy atom. The van der Waals surface area contributed by atoms with Gasteiger partial charge in [-0.2, -0.15) is 5.10 Å². The lowest BCUT2D eigenvalue weighted by Crippen LogP contribution is -2.41. The molecule has 0 unspecified atom stereocenters. The van der Waals surface area contributed by atoms with Gasteiger partial charge in [-0.1, -0.05) is 47.6 Å². The lowest BCUT2D eigenvalue weighted by Gasteiger charge is -2.29. The largest absolute Gasteiger partial charge is 0.495 e. The summed E-state index contributed by atoms with van der Waals surface area (Å²) < 4.78 is 7.12. The zero-order chi connectivity index (χ0) is 26.6. The number of halogens is 3. The second-order valence-corrected chi connectivity index (χ2v) is 10.1.